The molecule has 3 aromatic rings. The molecule has 0 amide bonds. The van der Waals surface area contributed by atoms with Gasteiger partial charge in [0.1, 0.15) is 11.2 Å². The first-order chi connectivity index (χ1) is 12.0. The van der Waals surface area contributed by atoms with Crippen molar-refractivity contribution in [2.45, 2.75) is 0 Å². The SMILES string of the molecule is COc1cc(/C=C/c2nc3c(cnn3C)c(=O)n2C)cc(OC)c1O. The topological polar surface area (TPSA) is 91.4 Å². The second-order valence-electron chi connectivity index (χ2n) is 5.45. The van der Waals surface area contributed by atoms with Crippen LogP contribution in [0.2, 0.25) is 0 Å². The molecule has 8 nitrogen and oxygen atoms in total. The van der Waals surface area contributed by atoms with Crippen LogP contribution >= 0.6 is 0 Å². The van der Waals surface area contributed by atoms with Crippen LogP contribution in [0.25, 0.3) is 23.2 Å². The normalized spacial score (nSPS) is 11.4. The van der Waals surface area contributed by atoms with E-state index in [1.165, 1.54) is 25.0 Å². The molecule has 2 aromatic heterocycles. The second-order valence-corrected chi connectivity index (χ2v) is 5.45. The fourth-order valence-electron chi connectivity index (χ4n) is 2.51. The zero-order valence-electron chi connectivity index (χ0n) is 14.3. The largest absolute Gasteiger partial charge is 0.502 e. The quantitative estimate of drug-likeness (QED) is 0.774. The number of phenols is 1. The lowest BCUT2D eigenvalue weighted by Gasteiger charge is -2.09. The lowest BCUT2D eigenvalue weighted by atomic mass is 10.1. The molecule has 0 atom stereocenters. The van der Waals surface area contributed by atoms with Gasteiger partial charge in [-0.15, -0.1) is 0 Å². The third-order valence-corrected chi connectivity index (χ3v) is 3.93. The number of aromatic hydroxyl groups is 1. The van der Waals surface area contributed by atoms with Crippen molar-refractivity contribution in [3.8, 4) is 17.2 Å². The average molecular weight is 342 g/mol. The van der Waals surface area contributed by atoms with Crippen molar-refractivity contribution in [1.82, 2.24) is 19.3 Å². The first kappa shape index (κ1) is 16.6. The van der Waals surface area contributed by atoms with Crippen molar-refractivity contribution in [1.29, 1.82) is 0 Å². The summed E-state index contributed by atoms with van der Waals surface area (Å²) in [6, 6.07) is 3.32. The Hall–Kier alpha value is -3.29. The fourth-order valence-corrected chi connectivity index (χ4v) is 2.51. The summed E-state index contributed by atoms with van der Waals surface area (Å²) >= 11 is 0. The summed E-state index contributed by atoms with van der Waals surface area (Å²) in [5, 5.41) is 14.5. The number of aromatic nitrogens is 4. The Morgan fingerprint density at radius 1 is 1.12 bits per heavy atom. The summed E-state index contributed by atoms with van der Waals surface area (Å²) in [5.41, 5.74) is 1.08. The number of rotatable bonds is 4. The highest BCUT2D eigenvalue weighted by atomic mass is 16.5. The van der Waals surface area contributed by atoms with Gasteiger partial charge in [0.05, 0.1) is 20.4 Å². The molecule has 0 aliphatic carbocycles. The minimum atomic E-state index is -0.168. The van der Waals surface area contributed by atoms with Crippen molar-refractivity contribution >= 4 is 23.2 Å². The summed E-state index contributed by atoms with van der Waals surface area (Å²) in [6.45, 7) is 0. The van der Waals surface area contributed by atoms with Gasteiger partial charge in [0.15, 0.2) is 17.1 Å². The van der Waals surface area contributed by atoms with E-state index in [2.05, 4.69) is 10.1 Å². The molecule has 0 aliphatic rings. The number of nitrogens with zero attached hydrogens (tertiary/aromatic N) is 4. The standard InChI is InChI=1S/C17H18N4O4/c1-20-14(19-16-11(17(20)23)9-18-21(16)2)6-5-10-7-12(24-3)15(22)13(8-10)25-4/h5-9,22H,1-4H3/b6-5+. The Morgan fingerprint density at radius 2 is 1.76 bits per heavy atom. The van der Waals surface area contributed by atoms with Crippen molar-refractivity contribution in [2.24, 2.45) is 14.1 Å². The molecule has 0 saturated carbocycles. The Morgan fingerprint density at radius 3 is 2.36 bits per heavy atom. The molecule has 1 N–H and O–H groups in total. The van der Waals surface area contributed by atoms with Crippen LogP contribution in [0, 0.1) is 0 Å². The van der Waals surface area contributed by atoms with E-state index in [0.29, 0.717) is 28.4 Å². The molecule has 0 unspecified atom stereocenters. The summed E-state index contributed by atoms with van der Waals surface area (Å²) < 4.78 is 13.3. The Labute approximate surface area is 143 Å². The molecule has 2 heterocycles. The van der Waals surface area contributed by atoms with Gasteiger partial charge in [0, 0.05) is 14.1 Å². The molecule has 0 bridgehead atoms. The molecular weight excluding hydrogens is 324 g/mol. The van der Waals surface area contributed by atoms with Crippen LogP contribution in [-0.4, -0.2) is 38.7 Å². The maximum atomic E-state index is 12.4. The predicted octanol–water partition coefficient (Wildman–Crippen LogP) is 1.56. The molecule has 130 valence electrons. The Balaban J connectivity index is 2.08. The number of fused-ring (bicyclic) bond motifs is 1. The molecule has 0 radical (unpaired) electrons. The maximum Gasteiger partial charge on any atom is 0.264 e. The smallest absolute Gasteiger partial charge is 0.264 e. The first-order valence-corrected chi connectivity index (χ1v) is 7.48. The van der Waals surface area contributed by atoms with Gasteiger partial charge < -0.3 is 14.6 Å². The van der Waals surface area contributed by atoms with Gasteiger partial charge in [-0.1, -0.05) is 6.08 Å². The number of aryl methyl sites for hydroxylation is 1. The highest BCUT2D eigenvalue weighted by Crippen LogP contribution is 2.37. The maximum absolute atomic E-state index is 12.4. The van der Waals surface area contributed by atoms with Crippen molar-refractivity contribution in [2.75, 3.05) is 14.2 Å². The number of ether oxygens (including phenoxy) is 2. The molecule has 1 aromatic carbocycles. The van der Waals surface area contributed by atoms with Crippen LogP contribution < -0.4 is 15.0 Å². The summed E-state index contributed by atoms with van der Waals surface area (Å²) in [4.78, 5) is 16.9. The van der Waals surface area contributed by atoms with Crippen LogP contribution in [0.3, 0.4) is 0 Å². The van der Waals surface area contributed by atoms with Crippen LogP contribution in [0.1, 0.15) is 11.4 Å². The van der Waals surface area contributed by atoms with E-state index in [4.69, 9.17) is 9.47 Å². The summed E-state index contributed by atoms with van der Waals surface area (Å²) in [6.07, 6.45) is 4.97. The van der Waals surface area contributed by atoms with E-state index in [9.17, 15) is 9.90 Å². The molecule has 0 saturated heterocycles. The number of phenolic OH excluding ortho intramolecular Hbond substituents is 1. The zero-order chi connectivity index (χ0) is 18.1. The van der Waals surface area contributed by atoms with Gasteiger partial charge in [-0.2, -0.15) is 5.10 Å². The van der Waals surface area contributed by atoms with E-state index < -0.39 is 0 Å². The van der Waals surface area contributed by atoms with Gasteiger partial charge in [0.25, 0.3) is 5.56 Å². The van der Waals surface area contributed by atoms with Gasteiger partial charge in [-0.3, -0.25) is 14.0 Å². The first-order valence-electron chi connectivity index (χ1n) is 7.48. The van der Waals surface area contributed by atoms with Crippen molar-refractivity contribution in [3.05, 3.63) is 40.1 Å². The molecule has 25 heavy (non-hydrogen) atoms. The van der Waals surface area contributed by atoms with Gasteiger partial charge in [0.2, 0.25) is 5.75 Å². The Kier molecular flexibility index (Phi) is 4.18. The molecule has 3 rings (SSSR count). The molecular formula is C17H18N4O4. The van der Waals surface area contributed by atoms with E-state index in [1.54, 1.807) is 43.1 Å². The zero-order valence-corrected chi connectivity index (χ0v) is 14.3. The highest BCUT2D eigenvalue weighted by molar-refractivity contribution is 5.76. The average Bonchev–Trinajstić information content (AvgIpc) is 2.98. The third-order valence-electron chi connectivity index (χ3n) is 3.93. The number of hydrogen-bond donors (Lipinski definition) is 1. The summed E-state index contributed by atoms with van der Waals surface area (Å²) in [5.74, 6) is 1.00. The minimum absolute atomic E-state index is 0.0658. The summed E-state index contributed by atoms with van der Waals surface area (Å²) in [7, 11) is 6.31. The fraction of sp³-hybridized carbons (Fsp3) is 0.235. The molecule has 0 fully saturated rings. The van der Waals surface area contributed by atoms with Crippen LogP contribution in [0.4, 0.5) is 0 Å². The van der Waals surface area contributed by atoms with E-state index >= 15 is 0 Å². The molecule has 8 heteroatoms. The van der Waals surface area contributed by atoms with Crippen LogP contribution in [-0.2, 0) is 14.1 Å². The Bertz CT molecular complexity index is 1010. The van der Waals surface area contributed by atoms with E-state index in [1.807, 2.05) is 0 Å². The molecule has 0 aliphatic heterocycles. The van der Waals surface area contributed by atoms with Crippen LogP contribution in [0.5, 0.6) is 17.2 Å². The monoisotopic (exact) mass is 342 g/mol. The van der Waals surface area contributed by atoms with E-state index in [-0.39, 0.29) is 11.3 Å². The van der Waals surface area contributed by atoms with Gasteiger partial charge in [-0.05, 0) is 23.8 Å². The highest BCUT2D eigenvalue weighted by Gasteiger charge is 2.12. The predicted molar refractivity (Wildman–Crippen MR) is 93.9 cm³/mol. The van der Waals surface area contributed by atoms with Crippen molar-refractivity contribution < 1.29 is 14.6 Å². The number of hydrogen-bond acceptors (Lipinski definition) is 6. The second kappa shape index (κ2) is 6.31. The lowest BCUT2D eigenvalue weighted by Crippen LogP contribution is -2.20. The molecule has 0 spiro atoms. The van der Waals surface area contributed by atoms with Crippen molar-refractivity contribution in [3.63, 3.8) is 0 Å². The van der Waals surface area contributed by atoms with Gasteiger partial charge >= 0.3 is 0 Å². The van der Waals surface area contributed by atoms with E-state index in [0.717, 1.165) is 5.56 Å². The number of methoxy groups -OCH3 is 2. The lowest BCUT2D eigenvalue weighted by molar-refractivity contribution is 0.340. The number of benzene rings is 1. The minimum Gasteiger partial charge on any atom is -0.502 e. The van der Waals surface area contributed by atoms with Gasteiger partial charge in [-0.25, -0.2) is 4.98 Å². The third kappa shape index (κ3) is 2.82. The van der Waals surface area contributed by atoms with Crippen LogP contribution in [0.15, 0.2) is 23.1 Å².